The van der Waals surface area contributed by atoms with Gasteiger partial charge in [0.1, 0.15) is 22.1 Å². The number of aromatic nitrogens is 3. The van der Waals surface area contributed by atoms with Crippen LogP contribution in [0.3, 0.4) is 0 Å². The minimum Gasteiger partial charge on any atom is -0.444 e. The summed E-state index contributed by atoms with van der Waals surface area (Å²) in [6.07, 6.45) is 2.07. The summed E-state index contributed by atoms with van der Waals surface area (Å²) >= 11 is 13.6. The van der Waals surface area contributed by atoms with Gasteiger partial charge in [-0.1, -0.05) is 35.0 Å². The van der Waals surface area contributed by atoms with Gasteiger partial charge in [0.15, 0.2) is 16.1 Å². The van der Waals surface area contributed by atoms with E-state index in [9.17, 15) is 9.18 Å². The van der Waals surface area contributed by atoms with E-state index in [1.807, 2.05) is 25.7 Å². The maximum absolute atomic E-state index is 14.8. The number of thioether (sulfide) groups is 1. The van der Waals surface area contributed by atoms with Gasteiger partial charge in [0.25, 0.3) is 0 Å². The lowest BCUT2D eigenvalue weighted by molar-refractivity contribution is 0.0269. The van der Waals surface area contributed by atoms with Crippen molar-refractivity contribution in [2.75, 3.05) is 44.5 Å². The molecule has 2 aromatic heterocycles. The van der Waals surface area contributed by atoms with Crippen molar-refractivity contribution in [2.45, 2.75) is 44.0 Å². The van der Waals surface area contributed by atoms with Crippen molar-refractivity contribution in [1.29, 1.82) is 0 Å². The minimum atomic E-state index is -0.751. The van der Waals surface area contributed by atoms with Crippen LogP contribution >= 0.6 is 35.0 Å². The van der Waals surface area contributed by atoms with Crippen molar-refractivity contribution < 1.29 is 18.7 Å². The molecule has 1 fully saturated rings. The van der Waals surface area contributed by atoms with E-state index in [4.69, 9.17) is 32.7 Å². The van der Waals surface area contributed by atoms with Gasteiger partial charge in [-0.15, -0.1) is 0 Å². The zero-order valence-electron chi connectivity index (χ0n) is 18.6. The van der Waals surface area contributed by atoms with Crippen LogP contribution in [0.4, 0.5) is 15.0 Å². The second kappa shape index (κ2) is 10.1. The molecule has 0 aromatic carbocycles. The molecule has 0 spiro atoms. The Morgan fingerprint density at radius 1 is 1.31 bits per heavy atom. The number of anilines is 1. The molecule has 0 radical (unpaired) electrons. The first-order valence-electron chi connectivity index (χ1n) is 10.1. The Kier molecular flexibility index (Phi) is 7.90. The van der Waals surface area contributed by atoms with Gasteiger partial charge in [0.2, 0.25) is 0 Å². The van der Waals surface area contributed by atoms with Crippen molar-refractivity contribution >= 4 is 57.8 Å². The minimum absolute atomic E-state index is 0.00811. The van der Waals surface area contributed by atoms with Gasteiger partial charge in [0, 0.05) is 26.7 Å². The van der Waals surface area contributed by atoms with Crippen LogP contribution in [0.2, 0.25) is 10.3 Å². The molecule has 0 saturated carbocycles. The lowest BCUT2D eigenvalue weighted by Crippen LogP contribution is -2.48. The summed E-state index contributed by atoms with van der Waals surface area (Å²) < 4.78 is 26.1. The first-order chi connectivity index (χ1) is 15.0. The normalized spacial score (nSPS) is 17.4. The fourth-order valence-corrected chi connectivity index (χ4v) is 4.19. The predicted octanol–water partition coefficient (Wildman–Crippen LogP) is 4.65. The fraction of sp³-hybridized carbons (Fsp3) is 0.600. The molecule has 0 unspecified atom stereocenters. The molecule has 1 aliphatic rings. The van der Waals surface area contributed by atoms with Crippen molar-refractivity contribution in [3.63, 3.8) is 0 Å². The van der Waals surface area contributed by atoms with Crippen molar-refractivity contribution in [3.05, 3.63) is 16.1 Å². The summed E-state index contributed by atoms with van der Waals surface area (Å²) in [6.45, 7) is 7.19. The van der Waals surface area contributed by atoms with Gasteiger partial charge in [-0.05, 0) is 33.4 Å². The summed E-state index contributed by atoms with van der Waals surface area (Å²) in [5.41, 5.74) is -0.606. The number of fused-ring (bicyclic) bond motifs is 1. The van der Waals surface area contributed by atoms with E-state index in [1.165, 1.54) is 16.7 Å². The number of pyridine rings is 1. The van der Waals surface area contributed by atoms with Crippen LogP contribution in [0.25, 0.3) is 10.9 Å². The van der Waals surface area contributed by atoms with Gasteiger partial charge in [-0.3, -0.25) is 0 Å². The smallest absolute Gasteiger partial charge is 0.410 e. The Balaban J connectivity index is 2.05. The SMILES string of the molecule is CSc1nc(N2CCCOC[C@H]2CN(C)C(=O)OC(C)(C)C)c2c(Cl)nc(Cl)c(F)c2n1. The second-order valence-electron chi connectivity index (χ2n) is 8.40. The van der Waals surface area contributed by atoms with Crippen LogP contribution in [0.5, 0.6) is 0 Å². The molecule has 0 bridgehead atoms. The van der Waals surface area contributed by atoms with Gasteiger partial charge in [-0.2, -0.15) is 0 Å². The van der Waals surface area contributed by atoms with Crippen LogP contribution in [-0.4, -0.2) is 77.2 Å². The van der Waals surface area contributed by atoms with E-state index >= 15 is 0 Å². The standard InChI is InChI=1S/C20H26Cl2FN5O3S/c1-20(2,3)31-19(29)27(4)9-11-10-30-8-6-7-28(11)17-12-14(24-18(26-17)32-5)13(23)16(22)25-15(12)21/h11H,6-10H2,1-5H3/t11-/m1/s1. The highest BCUT2D eigenvalue weighted by atomic mass is 35.5. The van der Waals surface area contributed by atoms with Crippen LogP contribution in [0, 0.1) is 5.82 Å². The summed E-state index contributed by atoms with van der Waals surface area (Å²) in [6, 6.07) is -0.280. The van der Waals surface area contributed by atoms with E-state index in [-0.39, 0.29) is 27.3 Å². The number of carbonyl (C=O) groups excluding carboxylic acids is 1. The van der Waals surface area contributed by atoms with E-state index in [2.05, 4.69) is 15.0 Å². The zero-order valence-corrected chi connectivity index (χ0v) is 20.9. The second-order valence-corrected chi connectivity index (χ2v) is 9.89. The van der Waals surface area contributed by atoms with Crippen molar-refractivity contribution in [2.24, 2.45) is 0 Å². The third kappa shape index (κ3) is 5.65. The third-order valence-electron chi connectivity index (χ3n) is 4.74. The largest absolute Gasteiger partial charge is 0.444 e. The highest BCUT2D eigenvalue weighted by molar-refractivity contribution is 7.98. The molecule has 0 N–H and O–H groups in total. The first-order valence-corrected chi connectivity index (χ1v) is 12.0. The Hall–Kier alpha value is -1.62. The van der Waals surface area contributed by atoms with Gasteiger partial charge in [-0.25, -0.2) is 24.1 Å². The maximum Gasteiger partial charge on any atom is 0.410 e. The average Bonchev–Trinajstić information content (AvgIpc) is 2.95. The Labute approximate surface area is 200 Å². The van der Waals surface area contributed by atoms with E-state index < -0.39 is 17.5 Å². The topological polar surface area (TPSA) is 80.7 Å². The molecule has 1 atom stereocenters. The number of rotatable bonds is 4. The number of hydrogen-bond acceptors (Lipinski definition) is 8. The van der Waals surface area contributed by atoms with Gasteiger partial charge in [0.05, 0.1) is 18.0 Å². The van der Waals surface area contributed by atoms with Gasteiger partial charge < -0.3 is 19.3 Å². The number of nitrogens with zero attached hydrogens (tertiary/aromatic N) is 5. The molecule has 0 aliphatic carbocycles. The van der Waals surface area contributed by atoms with E-state index in [0.717, 1.165) is 0 Å². The van der Waals surface area contributed by atoms with E-state index in [0.29, 0.717) is 43.7 Å². The van der Waals surface area contributed by atoms with Crippen molar-refractivity contribution in [3.8, 4) is 0 Å². The summed E-state index contributed by atoms with van der Waals surface area (Å²) in [7, 11) is 1.66. The molecular weight excluding hydrogens is 480 g/mol. The molecular formula is C20H26Cl2FN5O3S. The molecule has 12 heteroatoms. The number of amides is 1. The number of halogens is 3. The molecule has 32 heavy (non-hydrogen) atoms. The molecule has 176 valence electrons. The Morgan fingerprint density at radius 2 is 2.03 bits per heavy atom. The first kappa shape index (κ1) is 25.0. The molecule has 2 aromatic rings. The molecule has 3 rings (SSSR count). The molecule has 1 aliphatic heterocycles. The maximum atomic E-state index is 14.8. The van der Waals surface area contributed by atoms with Crippen molar-refractivity contribution in [1.82, 2.24) is 19.9 Å². The quantitative estimate of drug-likeness (QED) is 0.337. The highest BCUT2D eigenvalue weighted by Gasteiger charge is 2.31. The number of hydrogen-bond donors (Lipinski definition) is 0. The predicted molar refractivity (Wildman–Crippen MR) is 125 cm³/mol. The zero-order chi connectivity index (χ0) is 23.6. The third-order valence-corrected chi connectivity index (χ3v) is 5.82. The van der Waals surface area contributed by atoms with E-state index in [1.54, 1.807) is 13.3 Å². The molecule has 3 heterocycles. The van der Waals surface area contributed by atoms with Crippen LogP contribution in [-0.2, 0) is 9.47 Å². The lowest BCUT2D eigenvalue weighted by atomic mass is 10.2. The number of likely N-dealkylation sites (N-methyl/N-ethyl adjacent to an activating group) is 1. The summed E-state index contributed by atoms with van der Waals surface area (Å²) in [5, 5.41) is 0.311. The van der Waals surface area contributed by atoms with Crippen LogP contribution in [0.1, 0.15) is 27.2 Å². The summed E-state index contributed by atoms with van der Waals surface area (Å²) in [4.78, 5) is 28.8. The molecule has 1 saturated heterocycles. The fourth-order valence-electron chi connectivity index (χ4n) is 3.36. The van der Waals surface area contributed by atoms with Gasteiger partial charge >= 0.3 is 6.09 Å². The number of carbonyl (C=O) groups is 1. The lowest BCUT2D eigenvalue weighted by Gasteiger charge is -2.34. The Morgan fingerprint density at radius 3 is 2.69 bits per heavy atom. The van der Waals surface area contributed by atoms with Crippen LogP contribution < -0.4 is 4.90 Å². The Bertz CT molecular complexity index is 1010. The summed E-state index contributed by atoms with van der Waals surface area (Å²) in [5.74, 6) is -0.320. The average molecular weight is 506 g/mol. The highest BCUT2D eigenvalue weighted by Crippen LogP contribution is 2.36. The monoisotopic (exact) mass is 505 g/mol. The molecule has 1 amide bonds. The number of ether oxygens (including phenoxy) is 2. The molecule has 8 nitrogen and oxygen atoms in total. The van der Waals surface area contributed by atoms with Crippen LogP contribution in [0.15, 0.2) is 5.16 Å².